The summed E-state index contributed by atoms with van der Waals surface area (Å²) in [4.78, 5) is 41.1. The number of carbonyl (C=O) groups excluding carboxylic acids is 3. The number of nitrogens with one attached hydrogen (secondary N) is 2. The molecule has 3 amide bonds. The number of halogens is 1. The summed E-state index contributed by atoms with van der Waals surface area (Å²) < 4.78 is 4.97. The zero-order valence-electron chi connectivity index (χ0n) is 15.4. The van der Waals surface area contributed by atoms with E-state index >= 15 is 0 Å². The van der Waals surface area contributed by atoms with Crippen LogP contribution in [0.2, 0.25) is 5.15 Å². The second-order valence-corrected chi connectivity index (χ2v) is 6.64. The van der Waals surface area contributed by atoms with Crippen LogP contribution in [-0.4, -0.2) is 60.1 Å². The van der Waals surface area contributed by atoms with Gasteiger partial charge in [-0.25, -0.2) is 9.78 Å². The Balaban J connectivity index is 1.59. The van der Waals surface area contributed by atoms with Gasteiger partial charge >= 0.3 is 6.09 Å². The van der Waals surface area contributed by atoms with Crippen molar-refractivity contribution < 1.29 is 19.1 Å². The van der Waals surface area contributed by atoms with E-state index in [1.807, 2.05) is 0 Å². The van der Waals surface area contributed by atoms with Gasteiger partial charge in [-0.1, -0.05) is 11.6 Å². The van der Waals surface area contributed by atoms with Crippen LogP contribution in [-0.2, 0) is 9.53 Å². The van der Waals surface area contributed by atoms with Crippen molar-refractivity contribution in [2.24, 2.45) is 0 Å². The fourth-order valence-corrected chi connectivity index (χ4v) is 2.90. The van der Waals surface area contributed by atoms with Crippen LogP contribution in [0.1, 0.15) is 43.0 Å². The Bertz CT molecular complexity index is 645. The summed E-state index contributed by atoms with van der Waals surface area (Å²) in [5.74, 6) is -0.294. The Morgan fingerprint density at radius 3 is 2.67 bits per heavy atom. The normalized spacial score (nSPS) is 14.5. The summed E-state index contributed by atoms with van der Waals surface area (Å²) in [6.45, 7) is 3.69. The molecule has 1 aliphatic heterocycles. The molecule has 0 saturated carbocycles. The van der Waals surface area contributed by atoms with Crippen molar-refractivity contribution in [1.82, 2.24) is 20.5 Å². The molecule has 0 unspecified atom stereocenters. The van der Waals surface area contributed by atoms with Gasteiger partial charge in [0, 0.05) is 38.3 Å². The highest BCUT2D eigenvalue weighted by Gasteiger charge is 2.24. The zero-order valence-corrected chi connectivity index (χ0v) is 16.1. The maximum atomic E-state index is 12.0. The first-order chi connectivity index (χ1) is 13.0. The molecular formula is C18H25ClN4O4. The third-order valence-electron chi connectivity index (χ3n) is 4.24. The van der Waals surface area contributed by atoms with E-state index in [9.17, 15) is 14.4 Å². The van der Waals surface area contributed by atoms with Gasteiger partial charge in [0.2, 0.25) is 5.91 Å². The smallest absolute Gasteiger partial charge is 0.409 e. The predicted octanol–water partition coefficient (Wildman–Crippen LogP) is 1.98. The van der Waals surface area contributed by atoms with Crippen LogP contribution < -0.4 is 10.6 Å². The van der Waals surface area contributed by atoms with Crippen LogP contribution in [0.25, 0.3) is 0 Å². The highest BCUT2D eigenvalue weighted by atomic mass is 35.5. The van der Waals surface area contributed by atoms with Crippen LogP contribution in [0.3, 0.4) is 0 Å². The highest BCUT2D eigenvalue weighted by Crippen LogP contribution is 2.12. The maximum Gasteiger partial charge on any atom is 0.409 e. The number of likely N-dealkylation sites (tertiary alicyclic amines) is 1. The van der Waals surface area contributed by atoms with Crippen molar-refractivity contribution in [3.8, 4) is 0 Å². The number of hydrogen-bond donors (Lipinski definition) is 2. The lowest BCUT2D eigenvalue weighted by Crippen LogP contribution is -2.46. The fourth-order valence-electron chi connectivity index (χ4n) is 2.78. The van der Waals surface area contributed by atoms with E-state index in [0.717, 1.165) is 0 Å². The number of hydrogen-bond acceptors (Lipinski definition) is 5. The van der Waals surface area contributed by atoms with Crippen molar-refractivity contribution in [3.63, 3.8) is 0 Å². The minimum absolute atomic E-state index is 0.0491. The van der Waals surface area contributed by atoms with E-state index in [4.69, 9.17) is 16.3 Å². The second kappa shape index (κ2) is 10.7. The number of rotatable bonds is 7. The van der Waals surface area contributed by atoms with Crippen LogP contribution in [0.5, 0.6) is 0 Å². The largest absolute Gasteiger partial charge is 0.450 e. The lowest BCUT2D eigenvalue weighted by Gasteiger charge is -2.31. The third-order valence-corrected chi connectivity index (χ3v) is 4.47. The minimum atomic E-state index is -0.297. The number of carbonyl (C=O) groups is 3. The van der Waals surface area contributed by atoms with E-state index in [0.29, 0.717) is 62.6 Å². The standard InChI is InChI=1S/C18H25ClN4O4/c1-2-27-18(26)23-10-7-14(8-11-23)22-16(24)4-3-9-20-17(25)13-5-6-15(19)21-12-13/h5-6,12,14H,2-4,7-11H2,1H3,(H,20,25)(H,22,24). The molecule has 0 radical (unpaired) electrons. The lowest BCUT2D eigenvalue weighted by molar-refractivity contribution is -0.122. The molecule has 1 aromatic rings. The van der Waals surface area contributed by atoms with E-state index in [1.165, 1.54) is 6.20 Å². The predicted molar refractivity (Wildman–Crippen MR) is 101 cm³/mol. The van der Waals surface area contributed by atoms with Crippen LogP contribution >= 0.6 is 11.6 Å². The Kier molecular flexibility index (Phi) is 8.32. The first-order valence-corrected chi connectivity index (χ1v) is 9.48. The summed E-state index contributed by atoms with van der Waals surface area (Å²) in [5, 5.41) is 6.06. The van der Waals surface area contributed by atoms with E-state index in [-0.39, 0.29) is 23.9 Å². The molecule has 0 aromatic carbocycles. The molecule has 2 heterocycles. The summed E-state index contributed by atoms with van der Waals surface area (Å²) in [6, 6.07) is 3.22. The van der Waals surface area contributed by atoms with Crippen LogP contribution in [0.4, 0.5) is 4.79 Å². The summed E-state index contributed by atoms with van der Waals surface area (Å²) >= 11 is 5.68. The zero-order chi connectivity index (χ0) is 19.6. The van der Waals surface area contributed by atoms with E-state index in [1.54, 1.807) is 24.0 Å². The number of aromatic nitrogens is 1. The molecule has 8 nitrogen and oxygen atoms in total. The van der Waals surface area contributed by atoms with Crippen molar-refractivity contribution >= 4 is 29.5 Å². The molecule has 0 atom stereocenters. The Morgan fingerprint density at radius 2 is 2.04 bits per heavy atom. The Morgan fingerprint density at radius 1 is 1.30 bits per heavy atom. The minimum Gasteiger partial charge on any atom is -0.450 e. The van der Waals surface area contributed by atoms with Gasteiger partial charge in [0.15, 0.2) is 0 Å². The van der Waals surface area contributed by atoms with Gasteiger partial charge in [0.25, 0.3) is 5.91 Å². The number of amides is 3. The lowest BCUT2D eigenvalue weighted by atomic mass is 10.1. The molecule has 1 aliphatic rings. The number of piperidine rings is 1. The van der Waals surface area contributed by atoms with Crippen molar-refractivity contribution in [2.45, 2.75) is 38.6 Å². The second-order valence-electron chi connectivity index (χ2n) is 6.26. The molecule has 1 aromatic heterocycles. The summed E-state index contributed by atoms with van der Waals surface area (Å²) in [6.07, 6.45) is 3.41. The van der Waals surface area contributed by atoms with Gasteiger partial charge in [-0.05, 0) is 38.3 Å². The molecule has 0 spiro atoms. The first-order valence-electron chi connectivity index (χ1n) is 9.10. The average Bonchev–Trinajstić information content (AvgIpc) is 2.66. The number of pyridine rings is 1. The molecule has 1 saturated heterocycles. The van der Waals surface area contributed by atoms with Gasteiger partial charge in [-0.3, -0.25) is 9.59 Å². The van der Waals surface area contributed by atoms with Gasteiger partial charge in [-0.15, -0.1) is 0 Å². The van der Waals surface area contributed by atoms with Crippen LogP contribution in [0.15, 0.2) is 18.3 Å². The molecule has 148 valence electrons. The molecule has 9 heteroatoms. The van der Waals surface area contributed by atoms with Crippen molar-refractivity contribution in [2.75, 3.05) is 26.2 Å². The van der Waals surface area contributed by atoms with Gasteiger partial charge in [-0.2, -0.15) is 0 Å². The molecule has 27 heavy (non-hydrogen) atoms. The maximum absolute atomic E-state index is 12.0. The van der Waals surface area contributed by atoms with E-state index < -0.39 is 0 Å². The summed E-state index contributed by atoms with van der Waals surface area (Å²) in [7, 11) is 0. The van der Waals surface area contributed by atoms with Gasteiger partial charge in [0.1, 0.15) is 5.15 Å². The van der Waals surface area contributed by atoms with Crippen molar-refractivity contribution in [1.29, 1.82) is 0 Å². The van der Waals surface area contributed by atoms with Crippen LogP contribution in [0, 0.1) is 0 Å². The Hall–Kier alpha value is -2.35. The average molecular weight is 397 g/mol. The topological polar surface area (TPSA) is 101 Å². The molecule has 2 rings (SSSR count). The number of ether oxygens (including phenoxy) is 1. The monoisotopic (exact) mass is 396 g/mol. The van der Waals surface area contributed by atoms with E-state index in [2.05, 4.69) is 15.6 Å². The SMILES string of the molecule is CCOC(=O)N1CCC(NC(=O)CCCNC(=O)c2ccc(Cl)nc2)CC1. The molecular weight excluding hydrogens is 372 g/mol. The van der Waals surface area contributed by atoms with Crippen molar-refractivity contribution in [3.05, 3.63) is 29.0 Å². The molecule has 0 bridgehead atoms. The quantitative estimate of drug-likeness (QED) is 0.542. The molecule has 1 fully saturated rings. The molecule has 0 aliphatic carbocycles. The third kappa shape index (κ3) is 7.05. The number of nitrogens with zero attached hydrogens (tertiary/aromatic N) is 2. The fraction of sp³-hybridized carbons (Fsp3) is 0.556. The highest BCUT2D eigenvalue weighted by molar-refractivity contribution is 6.29. The summed E-state index contributed by atoms with van der Waals surface area (Å²) in [5.41, 5.74) is 0.428. The van der Waals surface area contributed by atoms with Gasteiger partial charge in [0.05, 0.1) is 12.2 Å². The first kappa shape index (κ1) is 21.0. The van der Waals surface area contributed by atoms with Gasteiger partial charge < -0.3 is 20.3 Å². The Labute approximate surface area is 163 Å². The molecule has 2 N–H and O–H groups in total.